The molecule has 0 spiro atoms. The van der Waals surface area contributed by atoms with Crippen molar-refractivity contribution in [2.45, 2.75) is 57.5 Å². The van der Waals surface area contributed by atoms with Crippen molar-refractivity contribution in [3.63, 3.8) is 0 Å². The maximum atomic E-state index is 13.2. The average Bonchev–Trinajstić information content (AvgIpc) is 3.21. The van der Waals surface area contributed by atoms with Crippen LogP contribution in [0.4, 0.5) is 0 Å². The maximum Gasteiger partial charge on any atom is 0.227 e. The zero-order valence-electron chi connectivity index (χ0n) is 14.7. The van der Waals surface area contributed by atoms with Crippen LogP contribution in [0.5, 0.6) is 0 Å². The second-order valence-electron chi connectivity index (χ2n) is 8.07. The van der Waals surface area contributed by atoms with Gasteiger partial charge in [-0.2, -0.15) is 0 Å². The molecule has 2 N–H and O–H groups in total. The molecule has 1 aromatic carbocycles. The molecular weight excluding hydrogens is 320 g/mol. The Labute approximate surface area is 151 Å². The van der Waals surface area contributed by atoms with Crippen LogP contribution in [0, 0.1) is 24.7 Å². The summed E-state index contributed by atoms with van der Waals surface area (Å²) in [7, 11) is 0. The number of nitrogens with two attached hydrogens (primary N) is 1. The van der Waals surface area contributed by atoms with Gasteiger partial charge in [0.2, 0.25) is 5.91 Å². The molecule has 1 heterocycles. The van der Waals surface area contributed by atoms with Crippen LogP contribution in [0.15, 0.2) is 24.3 Å². The van der Waals surface area contributed by atoms with Gasteiger partial charge >= 0.3 is 0 Å². The summed E-state index contributed by atoms with van der Waals surface area (Å²) in [6, 6.07) is 9.04. The minimum absolute atomic E-state index is 0. The average molecular weight is 349 g/mol. The van der Waals surface area contributed by atoms with E-state index in [0.717, 1.165) is 13.0 Å². The summed E-state index contributed by atoms with van der Waals surface area (Å²) < 4.78 is 0. The Kier molecular flexibility index (Phi) is 4.94. The highest BCUT2D eigenvalue weighted by molar-refractivity contribution is 5.85. The number of amides is 1. The zero-order chi connectivity index (χ0) is 16.1. The highest BCUT2D eigenvalue weighted by Crippen LogP contribution is 2.49. The van der Waals surface area contributed by atoms with Crippen molar-refractivity contribution in [1.82, 2.24) is 4.90 Å². The lowest BCUT2D eigenvalue weighted by Crippen LogP contribution is -2.48. The first-order valence-corrected chi connectivity index (χ1v) is 9.18. The Morgan fingerprint density at radius 1 is 1.17 bits per heavy atom. The molecular formula is C20H29ClN2O. The summed E-state index contributed by atoms with van der Waals surface area (Å²) in [5, 5.41) is 0. The number of rotatable bonds is 2. The molecule has 1 amide bonds. The van der Waals surface area contributed by atoms with Gasteiger partial charge in [0.05, 0.1) is 5.92 Å². The predicted octanol–water partition coefficient (Wildman–Crippen LogP) is 3.49. The van der Waals surface area contributed by atoms with Crippen LogP contribution < -0.4 is 5.73 Å². The minimum atomic E-state index is 0. The second kappa shape index (κ2) is 6.68. The number of fused-ring (bicyclic) bond motifs is 2. The van der Waals surface area contributed by atoms with Crippen LogP contribution in [0.25, 0.3) is 0 Å². The van der Waals surface area contributed by atoms with Crippen LogP contribution >= 0.6 is 12.4 Å². The topological polar surface area (TPSA) is 46.3 Å². The van der Waals surface area contributed by atoms with Gasteiger partial charge in [0, 0.05) is 24.5 Å². The molecule has 1 saturated heterocycles. The van der Waals surface area contributed by atoms with E-state index in [1.807, 2.05) is 0 Å². The normalized spacial score (nSPS) is 37.5. The quantitative estimate of drug-likeness (QED) is 0.889. The molecule has 3 nitrogen and oxygen atoms in total. The Hall–Kier alpha value is -1.06. The number of aryl methyl sites for hydroxylation is 1. The van der Waals surface area contributed by atoms with Crippen molar-refractivity contribution in [3.8, 4) is 0 Å². The Bertz CT molecular complexity index is 617. The van der Waals surface area contributed by atoms with Crippen LogP contribution in [-0.4, -0.2) is 29.4 Å². The van der Waals surface area contributed by atoms with Gasteiger partial charge in [-0.25, -0.2) is 0 Å². The van der Waals surface area contributed by atoms with Gasteiger partial charge in [0.1, 0.15) is 0 Å². The fourth-order valence-electron chi connectivity index (χ4n) is 5.50. The lowest BCUT2D eigenvalue weighted by molar-refractivity contribution is -0.138. The number of hydrogen-bond donors (Lipinski definition) is 1. The molecule has 4 heteroatoms. The Morgan fingerprint density at radius 2 is 1.88 bits per heavy atom. The van der Waals surface area contributed by atoms with E-state index >= 15 is 0 Å². The SMILES string of the molecule is Cc1ccccc1C1CC(C)N(C(=O)C2C3CCC(C3)C2N)C1.Cl. The van der Waals surface area contributed by atoms with Crippen molar-refractivity contribution < 1.29 is 4.79 Å². The zero-order valence-corrected chi connectivity index (χ0v) is 15.5. The van der Waals surface area contributed by atoms with Gasteiger partial charge < -0.3 is 10.6 Å². The summed E-state index contributed by atoms with van der Waals surface area (Å²) >= 11 is 0. The number of likely N-dealkylation sites (tertiary alicyclic amines) is 1. The van der Waals surface area contributed by atoms with E-state index in [-0.39, 0.29) is 24.4 Å². The van der Waals surface area contributed by atoms with Crippen LogP contribution in [0.2, 0.25) is 0 Å². The molecule has 0 radical (unpaired) electrons. The van der Waals surface area contributed by atoms with Gasteiger partial charge in [0.25, 0.3) is 0 Å². The standard InChI is InChI=1S/C20H28N2O.ClH/c1-12-5-3-4-6-17(12)16-9-13(2)22(11-16)20(23)18-14-7-8-15(10-14)19(18)21;/h3-6,13-16,18-19H,7-11,21H2,1-2H3;1H. The number of nitrogens with zero attached hydrogens (tertiary/aromatic N) is 1. The first-order chi connectivity index (χ1) is 11.1. The summed E-state index contributed by atoms with van der Waals surface area (Å²) in [6.45, 7) is 5.25. The molecule has 3 aliphatic rings. The van der Waals surface area contributed by atoms with Crippen LogP contribution in [0.1, 0.15) is 49.7 Å². The summed E-state index contributed by atoms with van der Waals surface area (Å²) in [6.07, 6.45) is 4.70. The summed E-state index contributed by atoms with van der Waals surface area (Å²) in [5.41, 5.74) is 9.15. The van der Waals surface area contributed by atoms with Crippen molar-refractivity contribution in [3.05, 3.63) is 35.4 Å². The fourth-order valence-corrected chi connectivity index (χ4v) is 5.50. The molecule has 3 fully saturated rings. The van der Waals surface area contributed by atoms with E-state index in [9.17, 15) is 4.79 Å². The van der Waals surface area contributed by atoms with Gasteiger partial charge in [-0.3, -0.25) is 4.79 Å². The molecule has 6 atom stereocenters. The van der Waals surface area contributed by atoms with Crippen molar-refractivity contribution >= 4 is 18.3 Å². The first kappa shape index (κ1) is 17.8. The van der Waals surface area contributed by atoms with Gasteiger partial charge in [-0.05, 0) is 62.5 Å². The van der Waals surface area contributed by atoms with E-state index in [2.05, 4.69) is 43.0 Å². The van der Waals surface area contributed by atoms with Crippen molar-refractivity contribution in [2.75, 3.05) is 6.54 Å². The third-order valence-corrected chi connectivity index (χ3v) is 6.75. The fraction of sp³-hybridized carbons (Fsp3) is 0.650. The maximum absolute atomic E-state index is 13.2. The van der Waals surface area contributed by atoms with E-state index < -0.39 is 0 Å². The number of carbonyl (C=O) groups excluding carboxylic acids is 1. The van der Waals surface area contributed by atoms with Gasteiger partial charge in [0.15, 0.2) is 0 Å². The van der Waals surface area contributed by atoms with E-state index in [1.165, 1.54) is 30.4 Å². The Morgan fingerprint density at radius 3 is 2.54 bits per heavy atom. The molecule has 24 heavy (non-hydrogen) atoms. The lowest BCUT2D eigenvalue weighted by Gasteiger charge is -2.32. The molecule has 2 aliphatic carbocycles. The molecule has 132 valence electrons. The molecule has 0 aromatic heterocycles. The van der Waals surface area contributed by atoms with Gasteiger partial charge in [-0.15, -0.1) is 12.4 Å². The summed E-state index contributed by atoms with van der Waals surface area (Å²) in [4.78, 5) is 15.3. The second-order valence-corrected chi connectivity index (χ2v) is 8.07. The molecule has 2 saturated carbocycles. The monoisotopic (exact) mass is 348 g/mol. The largest absolute Gasteiger partial charge is 0.339 e. The van der Waals surface area contributed by atoms with Crippen molar-refractivity contribution in [2.24, 2.45) is 23.5 Å². The number of benzene rings is 1. The third-order valence-electron chi connectivity index (χ3n) is 6.75. The van der Waals surface area contributed by atoms with E-state index in [1.54, 1.807) is 0 Å². The lowest BCUT2D eigenvalue weighted by atomic mass is 9.84. The van der Waals surface area contributed by atoms with Crippen LogP contribution in [0.3, 0.4) is 0 Å². The smallest absolute Gasteiger partial charge is 0.227 e. The summed E-state index contributed by atoms with van der Waals surface area (Å²) in [5.74, 6) is 2.05. The highest BCUT2D eigenvalue weighted by Gasteiger charge is 2.51. The van der Waals surface area contributed by atoms with E-state index in [0.29, 0.717) is 29.7 Å². The number of halogens is 1. The molecule has 6 unspecified atom stereocenters. The number of carbonyl (C=O) groups is 1. The molecule has 1 aromatic rings. The highest BCUT2D eigenvalue weighted by atomic mass is 35.5. The van der Waals surface area contributed by atoms with Crippen molar-refractivity contribution in [1.29, 1.82) is 0 Å². The van der Waals surface area contributed by atoms with E-state index in [4.69, 9.17) is 5.73 Å². The third kappa shape index (κ3) is 2.76. The van der Waals surface area contributed by atoms with Gasteiger partial charge in [-0.1, -0.05) is 24.3 Å². The Balaban J connectivity index is 0.00000169. The first-order valence-electron chi connectivity index (χ1n) is 9.18. The number of hydrogen-bond acceptors (Lipinski definition) is 2. The molecule has 4 rings (SSSR count). The molecule has 2 bridgehead atoms. The molecule has 1 aliphatic heterocycles. The minimum Gasteiger partial charge on any atom is -0.339 e. The van der Waals surface area contributed by atoms with Crippen LogP contribution in [-0.2, 0) is 4.79 Å². The predicted molar refractivity (Wildman–Crippen MR) is 99.3 cm³/mol.